The van der Waals surface area contributed by atoms with Crippen LogP contribution in [-0.4, -0.2) is 74.1 Å². The van der Waals surface area contributed by atoms with E-state index in [0.29, 0.717) is 0 Å². The minimum atomic E-state index is -1.43. The number of carbonyl (C=O) groups is 5. The predicted molar refractivity (Wildman–Crippen MR) is 162 cm³/mol. The SMILES string of the molecule is CCC(CC)(C(=O)OC)C1OC(COC(=O)C(C)(C)C)C(OC(=O)C(C)(C)C)C(OC(=O)C(C)(C)C)C1OC(=O)C(C)(C)C. The Balaban J connectivity index is 4.07. The van der Waals surface area contributed by atoms with Crippen molar-refractivity contribution >= 4 is 29.8 Å². The van der Waals surface area contributed by atoms with Crippen molar-refractivity contribution in [3.8, 4) is 0 Å². The first-order valence-electron chi connectivity index (χ1n) is 15.3. The molecule has 1 aliphatic rings. The zero-order valence-corrected chi connectivity index (χ0v) is 29.5. The molecule has 1 rings (SSSR count). The third kappa shape index (κ3) is 9.41. The molecule has 0 bridgehead atoms. The molecule has 11 heteroatoms. The van der Waals surface area contributed by atoms with Gasteiger partial charge in [-0.1, -0.05) is 13.8 Å². The van der Waals surface area contributed by atoms with E-state index in [1.807, 2.05) is 0 Å². The van der Waals surface area contributed by atoms with E-state index < -0.39 is 94.0 Å². The second-order valence-corrected chi connectivity index (χ2v) is 15.7. The maximum atomic E-state index is 13.5. The monoisotopic (exact) mass is 628 g/mol. The van der Waals surface area contributed by atoms with Crippen LogP contribution in [0, 0.1) is 27.1 Å². The van der Waals surface area contributed by atoms with E-state index in [4.69, 9.17) is 28.4 Å². The van der Waals surface area contributed by atoms with Gasteiger partial charge in [-0.25, -0.2) is 0 Å². The van der Waals surface area contributed by atoms with Gasteiger partial charge in [0.25, 0.3) is 0 Å². The summed E-state index contributed by atoms with van der Waals surface area (Å²) in [5.41, 5.74) is -5.23. The van der Waals surface area contributed by atoms with Gasteiger partial charge < -0.3 is 28.4 Å². The molecule has 0 N–H and O–H groups in total. The van der Waals surface area contributed by atoms with Crippen molar-refractivity contribution in [2.24, 2.45) is 27.1 Å². The van der Waals surface area contributed by atoms with Crippen molar-refractivity contribution in [1.82, 2.24) is 0 Å². The Labute approximate surface area is 263 Å². The highest BCUT2D eigenvalue weighted by Gasteiger charge is 2.61. The van der Waals surface area contributed by atoms with Crippen molar-refractivity contribution in [3.63, 3.8) is 0 Å². The number of hydrogen-bond donors (Lipinski definition) is 0. The fourth-order valence-electron chi connectivity index (χ4n) is 4.43. The molecule has 0 aromatic carbocycles. The third-order valence-corrected chi connectivity index (χ3v) is 7.59. The minimum Gasteiger partial charge on any atom is -0.469 e. The van der Waals surface area contributed by atoms with Crippen LogP contribution >= 0.6 is 0 Å². The lowest BCUT2D eigenvalue weighted by atomic mass is 9.71. The average Bonchev–Trinajstić information content (AvgIpc) is 2.88. The van der Waals surface area contributed by atoms with Crippen LogP contribution in [0.2, 0.25) is 0 Å². The van der Waals surface area contributed by atoms with Crippen LogP contribution < -0.4 is 0 Å². The summed E-state index contributed by atoms with van der Waals surface area (Å²) in [6.07, 6.45) is -6.26. The number of ether oxygens (including phenoxy) is 6. The Morgan fingerprint density at radius 1 is 0.545 bits per heavy atom. The molecule has 0 saturated carbocycles. The van der Waals surface area contributed by atoms with Crippen molar-refractivity contribution in [2.45, 2.75) is 140 Å². The Hall–Kier alpha value is -2.69. The molecular formula is C33H56O11. The summed E-state index contributed by atoms with van der Waals surface area (Å²) in [6, 6.07) is 0. The predicted octanol–water partition coefficient (Wildman–Crippen LogP) is 5.20. The average molecular weight is 629 g/mol. The molecule has 1 saturated heterocycles. The number of methoxy groups -OCH3 is 1. The number of hydrogen-bond acceptors (Lipinski definition) is 11. The van der Waals surface area contributed by atoms with Gasteiger partial charge in [0.05, 0.1) is 34.2 Å². The van der Waals surface area contributed by atoms with E-state index in [-0.39, 0.29) is 12.8 Å². The molecule has 1 aliphatic heterocycles. The van der Waals surface area contributed by atoms with E-state index in [1.54, 1.807) is 96.9 Å². The molecule has 11 nitrogen and oxygen atoms in total. The lowest BCUT2D eigenvalue weighted by molar-refractivity contribution is -0.278. The highest BCUT2D eigenvalue weighted by molar-refractivity contribution is 5.80. The van der Waals surface area contributed by atoms with Gasteiger partial charge in [0.1, 0.15) is 18.8 Å². The van der Waals surface area contributed by atoms with Gasteiger partial charge in [-0.3, -0.25) is 24.0 Å². The molecule has 0 spiro atoms. The zero-order chi connectivity index (χ0) is 34.6. The minimum absolute atomic E-state index is 0.200. The summed E-state index contributed by atoms with van der Waals surface area (Å²) < 4.78 is 35.5. The quantitative estimate of drug-likeness (QED) is 0.246. The fourth-order valence-corrected chi connectivity index (χ4v) is 4.43. The van der Waals surface area contributed by atoms with Crippen molar-refractivity contribution in [1.29, 1.82) is 0 Å². The Kier molecular flexibility index (Phi) is 12.7. The maximum Gasteiger partial charge on any atom is 0.314 e. The molecule has 1 fully saturated rings. The molecule has 0 aliphatic carbocycles. The van der Waals surface area contributed by atoms with Gasteiger partial charge >= 0.3 is 29.8 Å². The van der Waals surface area contributed by atoms with Crippen molar-refractivity contribution in [3.05, 3.63) is 0 Å². The molecule has 1 heterocycles. The molecular weight excluding hydrogens is 572 g/mol. The van der Waals surface area contributed by atoms with Gasteiger partial charge in [0.2, 0.25) is 0 Å². The summed E-state index contributed by atoms with van der Waals surface area (Å²) in [4.78, 5) is 66.5. The van der Waals surface area contributed by atoms with E-state index >= 15 is 0 Å². The van der Waals surface area contributed by atoms with E-state index in [2.05, 4.69) is 0 Å². The smallest absolute Gasteiger partial charge is 0.314 e. The lowest BCUT2D eigenvalue weighted by Crippen LogP contribution is -2.68. The Bertz CT molecular complexity index is 1050. The molecule has 254 valence electrons. The lowest BCUT2D eigenvalue weighted by Gasteiger charge is -2.50. The second-order valence-electron chi connectivity index (χ2n) is 15.7. The summed E-state index contributed by atoms with van der Waals surface area (Å²) in [5, 5.41) is 0. The van der Waals surface area contributed by atoms with Gasteiger partial charge in [-0.2, -0.15) is 0 Å². The summed E-state index contributed by atoms with van der Waals surface area (Å²) >= 11 is 0. The zero-order valence-electron chi connectivity index (χ0n) is 29.5. The molecule has 0 aromatic rings. The highest BCUT2D eigenvalue weighted by atomic mass is 16.7. The number of carbonyl (C=O) groups excluding carboxylic acids is 5. The molecule has 0 radical (unpaired) electrons. The Morgan fingerprint density at radius 2 is 0.909 bits per heavy atom. The van der Waals surface area contributed by atoms with Gasteiger partial charge in [-0.15, -0.1) is 0 Å². The first kappa shape index (κ1) is 39.3. The van der Waals surface area contributed by atoms with Crippen LogP contribution in [-0.2, 0) is 52.4 Å². The molecule has 0 amide bonds. The van der Waals surface area contributed by atoms with Crippen LogP contribution in [0.3, 0.4) is 0 Å². The van der Waals surface area contributed by atoms with Crippen molar-refractivity contribution < 1.29 is 52.4 Å². The molecule has 0 aromatic heterocycles. The summed E-state index contributed by atoms with van der Waals surface area (Å²) in [6.45, 7) is 23.1. The summed E-state index contributed by atoms with van der Waals surface area (Å²) in [7, 11) is 1.25. The second kappa shape index (κ2) is 14.2. The van der Waals surface area contributed by atoms with Gasteiger partial charge in [0, 0.05) is 0 Å². The number of esters is 5. The summed E-state index contributed by atoms with van der Waals surface area (Å²) in [5.74, 6) is -3.15. The van der Waals surface area contributed by atoms with E-state index in [9.17, 15) is 24.0 Å². The van der Waals surface area contributed by atoms with Crippen LogP contribution in [0.25, 0.3) is 0 Å². The molecule has 5 unspecified atom stereocenters. The van der Waals surface area contributed by atoms with Crippen molar-refractivity contribution in [2.75, 3.05) is 13.7 Å². The van der Waals surface area contributed by atoms with E-state index in [0.717, 1.165) is 0 Å². The van der Waals surface area contributed by atoms with Crippen LogP contribution in [0.15, 0.2) is 0 Å². The first-order chi connectivity index (χ1) is 19.8. The normalized spacial score (nSPS) is 23.3. The maximum absolute atomic E-state index is 13.5. The topological polar surface area (TPSA) is 141 Å². The van der Waals surface area contributed by atoms with Crippen LogP contribution in [0.4, 0.5) is 0 Å². The fraction of sp³-hybridized carbons (Fsp3) is 0.848. The van der Waals surface area contributed by atoms with Crippen LogP contribution in [0.1, 0.15) is 110 Å². The standard InChI is InChI=1S/C33H56O11/c1-16-33(17-2,28(38)39-15)23-22(44-27(37)32(12,13)14)21(43-26(36)31(9,10)11)20(42-25(35)30(6,7)8)19(41-23)18-40-24(34)29(3,4)5/h19-23H,16-18H2,1-15H3. The highest BCUT2D eigenvalue weighted by Crippen LogP contribution is 2.44. The van der Waals surface area contributed by atoms with E-state index in [1.165, 1.54) is 7.11 Å². The molecule has 5 atom stereocenters. The molecule has 44 heavy (non-hydrogen) atoms. The van der Waals surface area contributed by atoms with Crippen LogP contribution in [0.5, 0.6) is 0 Å². The number of rotatable bonds is 9. The Morgan fingerprint density at radius 3 is 1.25 bits per heavy atom. The third-order valence-electron chi connectivity index (χ3n) is 7.59. The van der Waals surface area contributed by atoms with Gasteiger partial charge in [-0.05, 0) is 95.9 Å². The largest absolute Gasteiger partial charge is 0.469 e. The first-order valence-corrected chi connectivity index (χ1v) is 15.3. The van der Waals surface area contributed by atoms with Gasteiger partial charge in [0.15, 0.2) is 18.3 Å².